The first-order valence-electron chi connectivity index (χ1n) is 10.3. The van der Waals surface area contributed by atoms with Gasteiger partial charge in [0.05, 0.1) is 25.5 Å². The third-order valence-electron chi connectivity index (χ3n) is 4.46. The van der Waals surface area contributed by atoms with Gasteiger partial charge in [0.25, 0.3) is 17.5 Å². The zero-order valence-electron chi connectivity index (χ0n) is 19.4. The lowest BCUT2D eigenvalue weighted by Crippen LogP contribution is -2.32. The number of benzene rings is 1. The second-order valence-corrected chi connectivity index (χ2v) is 10.5. The number of ether oxygens (including phenoxy) is 1. The van der Waals surface area contributed by atoms with Gasteiger partial charge in [-0.15, -0.1) is 11.6 Å². The number of halogens is 1. The minimum atomic E-state index is -3.54. The Kier molecular flexibility index (Phi) is 11.7. The second kappa shape index (κ2) is 13.2. The molecule has 1 radical (unpaired) electrons. The summed E-state index contributed by atoms with van der Waals surface area (Å²) in [6.45, 7) is 8.57. The molecule has 1 N–H and O–H groups in total. The fourth-order valence-corrected chi connectivity index (χ4v) is 3.75. The Morgan fingerprint density at radius 2 is 2.00 bits per heavy atom. The molecular weight excluding hydrogens is 455 g/mol. The molecule has 0 saturated carbocycles. The summed E-state index contributed by atoms with van der Waals surface area (Å²) in [6.07, 6.45) is 1.79. The molecular formula is C21H33BClN2O6S. The van der Waals surface area contributed by atoms with Gasteiger partial charge in [0.15, 0.2) is 0 Å². The van der Waals surface area contributed by atoms with Gasteiger partial charge in [-0.25, -0.2) is 0 Å². The average molecular weight is 488 g/mol. The van der Waals surface area contributed by atoms with Crippen molar-refractivity contribution in [1.29, 1.82) is 0 Å². The Hall–Kier alpha value is -1.62. The lowest BCUT2D eigenvalue weighted by atomic mass is 9.88. The number of hydrogen-bond donors (Lipinski definition) is 1. The number of carbonyl (C=O) groups excluding carboxylic acids is 2. The third-order valence-corrected chi connectivity index (χ3v) is 5.23. The zero-order valence-corrected chi connectivity index (χ0v) is 21.0. The van der Waals surface area contributed by atoms with Crippen molar-refractivity contribution in [3.8, 4) is 0 Å². The van der Waals surface area contributed by atoms with Crippen molar-refractivity contribution in [3.63, 3.8) is 0 Å². The molecule has 1 aromatic rings. The molecule has 0 fully saturated rings. The van der Waals surface area contributed by atoms with Crippen LogP contribution >= 0.6 is 11.6 Å². The van der Waals surface area contributed by atoms with Crippen molar-refractivity contribution in [2.45, 2.75) is 45.6 Å². The number of nitrogens with one attached hydrogen (secondary N) is 1. The van der Waals surface area contributed by atoms with Gasteiger partial charge in [0.1, 0.15) is 5.60 Å². The predicted molar refractivity (Wildman–Crippen MR) is 129 cm³/mol. The summed E-state index contributed by atoms with van der Waals surface area (Å²) >= 11 is 5.95. The van der Waals surface area contributed by atoms with Crippen LogP contribution in [0.1, 0.15) is 44.2 Å². The van der Waals surface area contributed by atoms with Crippen LogP contribution < -0.4 is 10.1 Å². The maximum absolute atomic E-state index is 12.5. The molecule has 0 spiro atoms. The van der Waals surface area contributed by atoms with Crippen LogP contribution in [0, 0.1) is 6.92 Å². The number of hydrogen-bond acceptors (Lipinski definition) is 8. The van der Waals surface area contributed by atoms with Crippen LogP contribution in [0.15, 0.2) is 18.2 Å². The van der Waals surface area contributed by atoms with E-state index in [1.54, 1.807) is 0 Å². The van der Waals surface area contributed by atoms with Crippen molar-refractivity contribution in [2.24, 2.45) is 0 Å². The van der Waals surface area contributed by atoms with Gasteiger partial charge in [0.2, 0.25) is 0 Å². The van der Waals surface area contributed by atoms with Gasteiger partial charge in [-0.05, 0) is 57.5 Å². The molecule has 0 amide bonds. The first-order chi connectivity index (χ1) is 14.9. The maximum atomic E-state index is 12.5. The quantitative estimate of drug-likeness (QED) is 0.106. The standard InChI is InChI=1S/C21H33BClN2O6S/c1-16-6-7-18(25(9-8-23)10-11-30-32(5,28)29)13-19(16)17(14-24-22-15-26)12-20(27)31-21(2,3)4/h6-7,13,15,17,24H,8-12,14H2,1-5H3. The molecule has 1 atom stereocenters. The van der Waals surface area contributed by atoms with Gasteiger partial charge in [-0.1, -0.05) is 6.07 Å². The topological polar surface area (TPSA) is 102 Å². The van der Waals surface area contributed by atoms with Crippen LogP contribution in [-0.4, -0.2) is 72.0 Å². The number of esters is 1. The highest BCUT2D eigenvalue weighted by Crippen LogP contribution is 2.29. The van der Waals surface area contributed by atoms with Crippen LogP contribution in [0.2, 0.25) is 0 Å². The summed E-state index contributed by atoms with van der Waals surface area (Å²) in [5, 5.41) is 2.93. The smallest absolute Gasteiger partial charge is 0.306 e. The van der Waals surface area contributed by atoms with Crippen LogP contribution in [0.5, 0.6) is 0 Å². The molecule has 0 bridgehead atoms. The normalized spacial score (nSPS) is 12.8. The van der Waals surface area contributed by atoms with Crippen LogP contribution in [-0.2, 0) is 28.6 Å². The van der Waals surface area contributed by atoms with Crippen LogP contribution in [0.4, 0.5) is 5.69 Å². The van der Waals surface area contributed by atoms with E-state index in [-0.39, 0.29) is 24.9 Å². The lowest BCUT2D eigenvalue weighted by molar-refractivity contribution is -0.155. The molecule has 0 aliphatic carbocycles. The van der Waals surface area contributed by atoms with Gasteiger partial charge in [-0.2, -0.15) is 8.42 Å². The Balaban J connectivity index is 3.15. The monoisotopic (exact) mass is 487 g/mol. The van der Waals surface area contributed by atoms with E-state index >= 15 is 0 Å². The minimum absolute atomic E-state index is 0.00385. The number of aryl methyl sites for hydroxylation is 1. The Morgan fingerprint density at radius 1 is 1.31 bits per heavy atom. The number of alkyl halides is 1. The van der Waals surface area contributed by atoms with E-state index in [1.165, 1.54) is 7.41 Å². The average Bonchev–Trinajstić information content (AvgIpc) is 2.65. The maximum Gasteiger partial charge on any atom is 0.306 e. The molecule has 0 heterocycles. The fourth-order valence-electron chi connectivity index (χ4n) is 3.17. The molecule has 0 aromatic heterocycles. The molecule has 1 rings (SSSR count). The van der Waals surface area contributed by atoms with Gasteiger partial charge in [-0.3, -0.25) is 8.98 Å². The molecule has 11 heteroatoms. The lowest BCUT2D eigenvalue weighted by Gasteiger charge is -2.27. The zero-order chi connectivity index (χ0) is 24.4. The van der Waals surface area contributed by atoms with Gasteiger partial charge >= 0.3 is 5.97 Å². The van der Waals surface area contributed by atoms with Crippen molar-refractivity contribution in [3.05, 3.63) is 29.3 Å². The summed E-state index contributed by atoms with van der Waals surface area (Å²) in [4.78, 5) is 25.1. The second-order valence-electron chi connectivity index (χ2n) is 8.44. The van der Waals surface area contributed by atoms with Crippen LogP contribution in [0.3, 0.4) is 0 Å². The molecule has 1 unspecified atom stereocenters. The van der Waals surface area contributed by atoms with E-state index in [9.17, 15) is 18.0 Å². The van der Waals surface area contributed by atoms with E-state index in [0.29, 0.717) is 31.7 Å². The number of anilines is 1. The summed E-state index contributed by atoms with van der Waals surface area (Å²) in [5.74, 6) is -0.232. The molecule has 8 nitrogen and oxygen atoms in total. The molecule has 179 valence electrons. The van der Waals surface area contributed by atoms with E-state index in [1.807, 2.05) is 50.8 Å². The molecule has 32 heavy (non-hydrogen) atoms. The van der Waals surface area contributed by atoms with E-state index in [4.69, 9.17) is 20.5 Å². The summed E-state index contributed by atoms with van der Waals surface area (Å²) < 4.78 is 32.9. The van der Waals surface area contributed by atoms with Crippen molar-refractivity contribution in [2.75, 3.05) is 43.3 Å². The summed E-state index contributed by atoms with van der Waals surface area (Å²) in [7, 11) is -2.24. The first-order valence-corrected chi connectivity index (χ1v) is 12.7. The largest absolute Gasteiger partial charge is 0.460 e. The number of rotatable bonds is 14. The van der Waals surface area contributed by atoms with Gasteiger partial charge in [0, 0.05) is 30.6 Å². The molecule has 1 aromatic carbocycles. The van der Waals surface area contributed by atoms with Crippen molar-refractivity contribution < 1.29 is 26.9 Å². The first kappa shape index (κ1) is 28.4. The summed E-state index contributed by atoms with van der Waals surface area (Å²) in [5.41, 5.74) is 2.13. The van der Waals surface area contributed by atoms with Crippen molar-refractivity contribution in [1.82, 2.24) is 5.23 Å². The Morgan fingerprint density at radius 3 is 2.56 bits per heavy atom. The Bertz CT molecular complexity index is 860. The van der Waals surface area contributed by atoms with E-state index in [2.05, 4.69) is 5.23 Å². The third kappa shape index (κ3) is 11.3. The molecule has 0 aliphatic rings. The SMILES string of the molecule is Cc1ccc(N(CCCl)CCOS(C)(=O)=O)cc1C(CN[B]C=O)CC(=O)OC(C)(C)C. The highest BCUT2D eigenvalue weighted by atomic mass is 35.5. The Labute approximate surface area is 197 Å². The molecule has 0 saturated heterocycles. The number of nitrogens with zero attached hydrogens (tertiary/aromatic N) is 1. The van der Waals surface area contributed by atoms with E-state index < -0.39 is 15.7 Å². The van der Waals surface area contributed by atoms with E-state index in [0.717, 1.165) is 23.1 Å². The number of carbonyl (C=O) groups is 2. The summed E-state index contributed by atoms with van der Waals surface area (Å²) in [6, 6.07) is 5.82. The minimum Gasteiger partial charge on any atom is -0.460 e. The fraction of sp³-hybridized carbons (Fsp3) is 0.619. The predicted octanol–water partition coefficient (Wildman–Crippen LogP) is 2.23. The van der Waals surface area contributed by atoms with Crippen LogP contribution in [0.25, 0.3) is 0 Å². The van der Waals surface area contributed by atoms with Gasteiger partial charge < -0.3 is 19.7 Å². The highest BCUT2D eigenvalue weighted by Gasteiger charge is 2.23. The molecule has 0 aliphatic heterocycles. The highest BCUT2D eigenvalue weighted by molar-refractivity contribution is 7.85. The van der Waals surface area contributed by atoms with Crippen molar-refractivity contribution >= 4 is 47.0 Å².